The van der Waals surface area contributed by atoms with Gasteiger partial charge in [0.1, 0.15) is 12.7 Å². The second kappa shape index (κ2) is 38.5. The fraction of sp³-hybridized carbons (Fsp3) is 0.773. The molecule has 0 aliphatic carbocycles. The molecule has 1 unspecified atom stereocenters. The number of carbonyl (C=O) groups is 2. The Balaban J connectivity index is 4.76. The lowest BCUT2D eigenvalue weighted by atomic mass is 10.0. The average Bonchev–Trinajstić information content (AvgIpc) is 3.19. The molecule has 0 saturated heterocycles. The minimum absolute atomic E-state index is 0.129. The summed E-state index contributed by atoms with van der Waals surface area (Å²) in [6.45, 7) is 3.73. The normalized spacial score (nSPS) is 15.6. The van der Waals surface area contributed by atoms with Gasteiger partial charge >= 0.3 is 27.6 Å². The first-order chi connectivity index (χ1) is 29.0. The van der Waals surface area contributed by atoms with Gasteiger partial charge in [-0.3, -0.25) is 23.2 Å². The molecule has 0 aromatic rings. The van der Waals surface area contributed by atoms with Crippen LogP contribution in [0.1, 0.15) is 162 Å². The van der Waals surface area contributed by atoms with Crippen LogP contribution in [0.25, 0.3) is 0 Å². The van der Waals surface area contributed by atoms with Crippen molar-refractivity contribution in [2.75, 3.05) is 26.4 Å². The van der Waals surface area contributed by atoms with Crippen LogP contribution in [0, 0.1) is 5.92 Å². The Labute approximate surface area is 365 Å². The van der Waals surface area contributed by atoms with Crippen molar-refractivity contribution in [3.05, 3.63) is 48.6 Å². The summed E-state index contributed by atoms with van der Waals surface area (Å²) in [5.74, 6) is -0.489. The molecule has 6 N–H and O–H groups in total. The van der Waals surface area contributed by atoms with Crippen LogP contribution in [0.15, 0.2) is 48.6 Å². The zero-order valence-electron chi connectivity index (χ0n) is 37.1. The summed E-state index contributed by atoms with van der Waals surface area (Å²) in [6, 6.07) is 0. The minimum Gasteiger partial charge on any atom is -0.462 e. The number of hydrogen-bond acceptors (Lipinski definition) is 12. The van der Waals surface area contributed by atoms with Crippen molar-refractivity contribution in [1.29, 1.82) is 0 Å². The molecular weight excluding hydrogens is 830 g/mol. The van der Waals surface area contributed by atoms with Crippen LogP contribution in [0.3, 0.4) is 0 Å². The molecule has 0 aliphatic rings. The predicted molar refractivity (Wildman–Crippen MR) is 237 cm³/mol. The quantitative estimate of drug-likeness (QED) is 0.0110. The van der Waals surface area contributed by atoms with Crippen molar-refractivity contribution in [3.63, 3.8) is 0 Å². The van der Waals surface area contributed by atoms with E-state index in [1.807, 2.05) is 6.08 Å². The van der Waals surface area contributed by atoms with Gasteiger partial charge in [0.05, 0.1) is 32.0 Å². The lowest BCUT2D eigenvalue weighted by Crippen LogP contribution is -2.30. The van der Waals surface area contributed by atoms with E-state index in [0.717, 1.165) is 38.0 Å². The number of aliphatic hydroxyl groups excluding tert-OH is 3. The molecule has 0 rings (SSSR count). The van der Waals surface area contributed by atoms with E-state index in [4.69, 9.17) is 23.8 Å². The van der Waals surface area contributed by atoms with E-state index in [0.29, 0.717) is 12.8 Å². The summed E-state index contributed by atoms with van der Waals surface area (Å²) in [4.78, 5) is 52.7. The Morgan fingerprint density at radius 1 is 0.574 bits per heavy atom. The van der Waals surface area contributed by atoms with Crippen molar-refractivity contribution in [2.45, 2.75) is 186 Å². The molecule has 0 radical (unpaired) electrons. The molecule has 0 amide bonds. The Kier molecular flexibility index (Phi) is 37.2. The summed E-state index contributed by atoms with van der Waals surface area (Å²) < 4.78 is 47.6. The Bertz CT molecular complexity index is 1310. The van der Waals surface area contributed by atoms with Gasteiger partial charge in [0.2, 0.25) is 0 Å². The fourth-order valence-electron chi connectivity index (χ4n) is 5.84. The van der Waals surface area contributed by atoms with E-state index >= 15 is 0 Å². The number of phosphoric ester groups is 2. The molecule has 0 fully saturated rings. The van der Waals surface area contributed by atoms with Gasteiger partial charge in [-0.2, -0.15) is 0 Å². The molecule has 0 bridgehead atoms. The van der Waals surface area contributed by atoms with Gasteiger partial charge in [-0.15, -0.1) is 0 Å². The minimum atomic E-state index is -4.89. The number of ether oxygens (including phenoxy) is 2. The Morgan fingerprint density at radius 3 is 1.70 bits per heavy atom. The van der Waals surface area contributed by atoms with Crippen LogP contribution in [0.5, 0.6) is 0 Å². The summed E-state index contributed by atoms with van der Waals surface area (Å²) in [6.07, 6.45) is 30.2. The van der Waals surface area contributed by atoms with Gasteiger partial charge in [0, 0.05) is 12.8 Å². The van der Waals surface area contributed by atoms with Crippen molar-refractivity contribution >= 4 is 27.6 Å². The fourth-order valence-corrected chi connectivity index (χ4v) is 7.00. The average molecular weight is 911 g/mol. The van der Waals surface area contributed by atoms with Crippen molar-refractivity contribution in [3.8, 4) is 0 Å². The first kappa shape index (κ1) is 59.0. The summed E-state index contributed by atoms with van der Waals surface area (Å²) in [5.41, 5.74) is 0. The SMILES string of the molecule is CCCCC/C=C\C[C@H](O)/C=C/C=C/C=C\[C@H](O)CCCC(=O)O[C@H](COC(=O)CCCCCCCCCCCCCCC(C)C)COP(=O)(O)OC[C@@H](O)COP(=O)(O)O. The third-order valence-corrected chi connectivity index (χ3v) is 10.8. The molecule has 0 aliphatic heterocycles. The second-order valence-electron chi connectivity index (χ2n) is 15.9. The van der Waals surface area contributed by atoms with Gasteiger partial charge in [-0.05, 0) is 44.4 Å². The van der Waals surface area contributed by atoms with Crippen LogP contribution in [0.4, 0.5) is 0 Å². The van der Waals surface area contributed by atoms with Gasteiger partial charge in [-0.25, -0.2) is 9.13 Å². The zero-order valence-corrected chi connectivity index (χ0v) is 38.9. The number of unbranched alkanes of at least 4 members (excludes halogenated alkanes) is 14. The van der Waals surface area contributed by atoms with Crippen LogP contribution < -0.4 is 0 Å². The van der Waals surface area contributed by atoms with Crippen molar-refractivity contribution in [1.82, 2.24) is 0 Å². The maximum Gasteiger partial charge on any atom is 0.472 e. The van der Waals surface area contributed by atoms with E-state index in [-0.39, 0.29) is 25.7 Å². The highest BCUT2D eigenvalue weighted by molar-refractivity contribution is 7.47. The van der Waals surface area contributed by atoms with E-state index in [9.17, 15) is 38.9 Å². The van der Waals surface area contributed by atoms with Gasteiger partial charge in [0.25, 0.3) is 0 Å². The first-order valence-electron chi connectivity index (χ1n) is 22.4. The highest BCUT2D eigenvalue weighted by Crippen LogP contribution is 2.43. The van der Waals surface area contributed by atoms with E-state index in [2.05, 4.69) is 35.9 Å². The largest absolute Gasteiger partial charge is 0.472 e. The number of phosphoric acid groups is 2. The predicted octanol–water partition coefficient (Wildman–Crippen LogP) is 9.25. The standard InChI is InChI=1S/C44H80O15P2/c1-4-5-6-7-17-22-28-39(45)29-23-19-20-24-30-40(46)31-26-33-44(49)59-42(37-58-61(53,54)57-35-41(47)34-56-60(50,51)52)36-55-43(48)32-25-18-15-13-11-9-8-10-12-14-16-21-27-38(2)3/h17,19-20,22-24,29-30,38-42,45-47H,4-16,18,21,25-28,31-37H2,1-3H3,(H,53,54)(H2,50,51,52)/b20-19+,22-17-,29-23+,30-24-/t39-,40-,41-,42+/m0/s1. The van der Waals surface area contributed by atoms with Crippen LogP contribution >= 0.6 is 15.6 Å². The summed E-state index contributed by atoms with van der Waals surface area (Å²) >= 11 is 0. The second-order valence-corrected chi connectivity index (χ2v) is 18.5. The Morgan fingerprint density at radius 2 is 1.11 bits per heavy atom. The Hall–Kier alpha value is -2.00. The highest BCUT2D eigenvalue weighted by Gasteiger charge is 2.28. The van der Waals surface area contributed by atoms with Crippen LogP contribution in [-0.4, -0.2) is 92.8 Å². The van der Waals surface area contributed by atoms with E-state index in [1.165, 1.54) is 70.6 Å². The maximum atomic E-state index is 12.7. The molecule has 61 heavy (non-hydrogen) atoms. The van der Waals surface area contributed by atoms with Crippen molar-refractivity contribution in [2.24, 2.45) is 5.92 Å². The highest BCUT2D eigenvalue weighted by atomic mass is 31.2. The number of hydrogen-bond donors (Lipinski definition) is 6. The number of allylic oxidation sites excluding steroid dienone is 5. The maximum absolute atomic E-state index is 12.7. The van der Waals surface area contributed by atoms with Gasteiger partial charge < -0.3 is 39.5 Å². The number of carbonyl (C=O) groups excluding carboxylic acids is 2. The molecule has 15 nitrogen and oxygen atoms in total. The molecular formula is C44H80O15P2. The van der Waals surface area contributed by atoms with Gasteiger partial charge in [0.15, 0.2) is 6.10 Å². The van der Waals surface area contributed by atoms with Crippen molar-refractivity contribution < 1.29 is 71.8 Å². The van der Waals surface area contributed by atoms with E-state index in [1.54, 1.807) is 36.5 Å². The smallest absolute Gasteiger partial charge is 0.462 e. The molecule has 0 aromatic carbocycles. The molecule has 0 aromatic heterocycles. The molecule has 0 spiro atoms. The van der Waals surface area contributed by atoms with Crippen LogP contribution in [0.2, 0.25) is 0 Å². The molecule has 0 saturated carbocycles. The molecule has 356 valence electrons. The monoisotopic (exact) mass is 910 g/mol. The molecule has 5 atom stereocenters. The lowest BCUT2D eigenvalue weighted by molar-refractivity contribution is -0.161. The zero-order chi connectivity index (χ0) is 45.6. The summed E-state index contributed by atoms with van der Waals surface area (Å²) in [5, 5.41) is 30.1. The number of aliphatic hydroxyl groups is 3. The lowest BCUT2D eigenvalue weighted by Gasteiger charge is -2.20. The molecule has 17 heteroatoms. The third kappa shape index (κ3) is 43.1. The topological polar surface area (TPSA) is 236 Å². The van der Waals surface area contributed by atoms with Crippen LogP contribution in [-0.2, 0) is 41.8 Å². The number of esters is 2. The van der Waals surface area contributed by atoms with E-state index < -0.39 is 78.4 Å². The number of rotatable bonds is 41. The summed E-state index contributed by atoms with van der Waals surface area (Å²) in [7, 11) is -9.77. The van der Waals surface area contributed by atoms with Gasteiger partial charge in [-0.1, -0.05) is 159 Å². The molecule has 0 heterocycles. The first-order valence-corrected chi connectivity index (χ1v) is 25.4. The third-order valence-electron chi connectivity index (χ3n) is 9.33.